The molecule has 3 aromatic rings. The number of nitrogens with one attached hydrogen (secondary N) is 1. The van der Waals surface area contributed by atoms with Gasteiger partial charge in [-0.15, -0.1) is 6.58 Å². The molecule has 1 aromatic carbocycles. The van der Waals surface area contributed by atoms with Gasteiger partial charge in [0, 0.05) is 24.3 Å². The van der Waals surface area contributed by atoms with Gasteiger partial charge in [0.2, 0.25) is 0 Å². The molecule has 10 heteroatoms. The number of hydrogen-bond acceptors (Lipinski definition) is 7. The van der Waals surface area contributed by atoms with Crippen molar-refractivity contribution in [3.8, 4) is 17.1 Å². The van der Waals surface area contributed by atoms with Gasteiger partial charge in [-0.1, -0.05) is 6.08 Å². The first-order valence-corrected chi connectivity index (χ1v) is 12.1. The van der Waals surface area contributed by atoms with E-state index in [1.807, 2.05) is 4.90 Å². The first-order valence-electron chi connectivity index (χ1n) is 12.1. The highest BCUT2D eigenvalue weighted by atomic mass is 19.1. The van der Waals surface area contributed by atoms with Gasteiger partial charge in [0.25, 0.3) is 0 Å². The van der Waals surface area contributed by atoms with Crippen LogP contribution >= 0.6 is 0 Å². The molecule has 0 amide bonds. The number of aliphatic hydroxyl groups excluding tert-OH is 1. The number of H-pyrrole nitrogens is 1. The topological polar surface area (TPSA) is 89.1 Å². The highest BCUT2D eigenvalue weighted by Gasteiger charge is 2.48. The average molecular weight is 500 g/mol. The van der Waals surface area contributed by atoms with E-state index in [0.717, 1.165) is 5.56 Å². The molecule has 0 spiro atoms. The van der Waals surface area contributed by atoms with Crippen LogP contribution in [0.25, 0.3) is 22.3 Å². The molecule has 0 saturated carbocycles. The van der Waals surface area contributed by atoms with Crippen LogP contribution in [0.3, 0.4) is 0 Å². The molecule has 8 nitrogen and oxygen atoms in total. The van der Waals surface area contributed by atoms with E-state index in [9.17, 15) is 5.11 Å². The zero-order valence-corrected chi connectivity index (χ0v) is 19.6. The molecule has 0 unspecified atom stereocenters. The lowest BCUT2D eigenvalue weighted by molar-refractivity contribution is 0.00779. The van der Waals surface area contributed by atoms with E-state index in [1.54, 1.807) is 18.2 Å². The van der Waals surface area contributed by atoms with Crippen molar-refractivity contribution in [1.29, 1.82) is 0 Å². The molecule has 190 valence electrons. The lowest BCUT2D eigenvalue weighted by atomic mass is 10.1. The molecule has 2 aromatic heterocycles. The lowest BCUT2D eigenvalue weighted by Gasteiger charge is -2.29. The van der Waals surface area contributed by atoms with E-state index >= 15 is 8.78 Å². The average Bonchev–Trinajstić information content (AvgIpc) is 3.55. The van der Waals surface area contributed by atoms with E-state index < -0.39 is 29.9 Å². The van der Waals surface area contributed by atoms with Gasteiger partial charge in [0.05, 0.1) is 48.7 Å². The Labute approximate surface area is 206 Å². The minimum Gasteiger partial charge on any atom is -0.470 e. The lowest BCUT2D eigenvalue weighted by Crippen LogP contribution is -2.36. The third-order valence-corrected chi connectivity index (χ3v) is 6.96. The summed E-state index contributed by atoms with van der Waals surface area (Å²) in [5.74, 6) is -0.879. The summed E-state index contributed by atoms with van der Waals surface area (Å²) >= 11 is 0. The number of fused-ring (bicyclic) bond motifs is 2. The molecular weight excluding hydrogens is 472 g/mol. The largest absolute Gasteiger partial charge is 0.470 e. The number of morpholine rings is 1. The van der Waals surface area contributed by atoms with Crippen molar-refractivity contribution in [3.05, 3.63) is 54.1 Å². The Balaban J connectivity index is 1.33. The van der Waals surface area contributed by atoms with Gasteiger partial charge >= 0.3 is 0 Å². The minimum absolute atomic E-state index is 0.178. The molecule has 2 N–H and O–H groups in total. The molecule has 0 aliphatic carbocycles. The van der Waals surface area contributed by atoms with Gasteiger partial charge in [-0.2, -0.15) is 0 Å². The summed E-state index contributed by atoms with van der Waals surface area (Å²) in [6.07, 6.45) is 0.260. The fourth-order valence-corrected chi connectivity index (χ4v) is 5.17. The normalized spacial score (nSPS) is 25.9. The first kappa shape index (κ1) is 23.4. The fraction of sp³-hybridized carbons (Fsp3) is 0.423. The zero-order valence-electron chi connectivity index (χ0n) is 19.6. The summed E-state index contributed by atoms with van der Waals surface area (Å²) in [6.45, 7) is 6.51. The van der Waals surface area contributed by atoms with Crippen molar-refractivity contribution in [1.82, 2.24) is 9.97 Å². The van der Waals surface area contributed by atoms with Gasteiger partial charge < -0.3 is 33.9 Å². The highest BCUT2D eigenvalue weighted by Crippen LogP contribution is 2.36. The Morgan fingerprint density at radius 1 is 1.14 bits per heavy atom. The fourth-order valence-electron chi connectivity index (χ4n) is 5.17. The molecule has 3 aliphatic heterocycles. The van der Waals surface area contributed by atoms with Crippen molar-refractivity contribution in [3.63, 3.8) is 0 Å². The van der Waals surface area contributed by atoms with E-state index in [2.05, 4.69) is 16.5 Å². The molecule has 6 rings (SSSR count). The smallest absolute Gasteiger partial charge is 0.197 e. The van der Waals surface area contributed by atoms with Gasteiger partial charge in [0.15, 0.2) is 12.0 Å². The molecule has 3 fully saturated rings. The van der Waals surface area contributed by atoms with Gasteiger partial charge in [-0.05, 0) is 30.7 Å². The van der Waals surface area contributed by atoms with Crippen LogP contribution in [0, 0.1) is 11.6 Å². The van der Waals surface area contributed by atoms with Gasteiger partial charge in [0.1, 0.15) is 29.9 Å². The molecule has 3 aliphatic rings. The van der Waals surface area contributed by atoms with Crippen molar-refractivity contribution in [2.75, 3.05) is 44.4 Å². The Hall–Kier alpha value is -3.05. The van der Waals surface area contributed by atoms with Gasteiger partial charge in [-0.3, -0.25) is 0 Å². The first-order chi connectivity index (χ1) is 17.5. The summed E-state index contributed by atoms with van der Waals surface area (Å²) in [5, 5.41) is 10.0. The molecule has 3 saturated heterocycles. The number of benzene rings is 1. The second-order valence-corrected chi connectivity index (χ2v) is 9.22. The third kappa shape index (κ3) is 4.03. The van der Waals surface area contributed by atoms with Crippen LogP contribution in [-0.4, -0.2) is 79.0 Å². The predicted octanol–water partition coefficient (Wildman–Crippen LogP) is 2.98. The number of allylic oxidation sites excluding steroid dienone is 1. The number of hydrogen-bond donors (Lipinski definition) is 2. The summed E-state index contributed by atoms with van der Waals surface area (Å²) in [4.78, 5) is 9.74. The molecule has 0 bridgehead atoms. The Bertz CT molecular complexity index is 1270. The summed E-state index contributed by atoms with van der Waals surface area (Å²) in [6, 6.07) is 6.01. The van der Waals surface area contributed by atoms with Crippen LogP contribution in [0.15, 0.2) is 36.9 Å². The monoisotopic (exact) mass is 499 g/mol. The number of aromatic amines is 1. The summed E-state index contributed by atoms with van der Waals surface area (Å²) < 4.78 is 53.3. The van der Waals surface area contributed by atoms with Crippen molar-refractivity contribution < 1.29 is 32.8 Å². The molecule has 4 atom stereocenters. The maximum Gasteiger partial charge on any atom is 0.197 e. The maximum atomic E-state index is 15.2. The number of rotatable bonds is 6. The predicted molar refractivity (Wildman–Crippen MR) is 128 cm³/mol. The van der Waals surface area contributed by atoms with Gasteiger partial charge in [-0.25, -0.2) is 13.8 Å². The molecule has 0 radical (unpaired) electrons. The zero-order chi connectivity index (χ0) is 24.8. The number of anilines is 1. The Kier molecular flexibility index (Phi) is 6.12. The Morgan fingerprint density at radius 3 is 2.64 bits per heavy atom. The summed E-state index contributed by atoms with van der Waals surface area (Å²) in [5.41, 5.74) is 2.42. The van der Waals surface area contributed by atoms with Crippen LogP contribution in [0.2, 0.25) is 0 Å². The van der Waals surface area contributed by atoms with E-state index in [-0.39, 0.29) is 30.6 Å². The highest BCUT2D eigenvalue weighted by molar-refractivity contribution is 5.85. The number of halogens is 2. The minimum atomic E-state index is -0.678. The number of aliphatic hydroxyl groups is 1. The van der Waals surface area contributed by atoms with Crippen LogP contribution in [-0.2, 0) is 20.6 Å². The Morgan fingerprint density at radius 2 is 1.89 bits per heavy atom. The van der Waals surface area contributed by atoms with E-state index in [4.69, 9.17) is 18.9 Å². The second-order valence-electron chi connectivity index (χ2n) is 9.22. The van der Waals surface area contributed by atoms with Crippen LogP contribution in [0.1, 0.15) is 5.56 Å². The van der Waals surface area contributed by atoms with Crippen molar-refractivity contribution in [2.24, 2.45) is 0 Å². The maximum absolute atomic E-state index is 15.2. The standard InChI is InChI=1S/C26H27F2N3O5/c1-2-3-15-23-19(30-26(15)36-21-13-35-24-20(32)12-34-25(21)24)5-4-18(29-23)22-16(27)10-14(11-17(22)28)31-6-8-33-9-7-31/h2,4-5,10-11,20-21,24-25,30,32H,1,3,6-9,12-13H2/t20-,21-,24-,25-/m1/s1. The van der Waals surface area contributed by atoms with E-state index in [1.165, 1.54) is 12.1 Å². The molecule has 36 heavy (non-hydrogen) atoms. The number of ether oxygens (including phenoxy) is 4. The second kappa shape index (κ2) is 9.44. The molecular formula is C26H27F2N3O5. The van der Waals surface area contributed by atoms with Crippen LogP contribution in [0.4, 0.5) is 14.5 Å². The SMILES string of the molecule is C=CCc1c(O[C@@H]2CO[C@H]3[C@@H]2OC[C@H]3O)[nH]c2ccc(-c3c(F)cc(N4CCOCC4)cc3F)nc12. The number of pyridine rings is 1. The molecule has 5 heterocycles. The van der Waals surface area contributed by atoms with Crippen LogP contribution < -0.4 is 9.64 Å². The van der Waals surface area contributed by atoms with Crippen molar-refractivity contribution in [2.45, 2.75) is 30.8 Å². The van der Waals surface area contributed by atoms with E-state index in [0.29, 0.717) is 55.3 Å². The summed E-state index contributed by atoms with van der Waals surface area (Å²) in [7, 11) is 0. The van der Waals surface area contributed by atoms with Crippen molar-refractivity contribution >= 4 is 16.7 Å². The quantitative estimate of drug-likeness (QED) is 0.504. The van der Waals surface area contributed by atoms with Crippen LogP contribution in [0.5, 0.6) is 5.88 Å². The third-order valence-electron chi connectivity index (χ3n) is 6.96. The number of aromatic nitrogens is 2. The number of nitrogens with zero attached hydrogens (tertiary/aromatic N) is 2.